The molecule has 10 nitrogen and oxygen atoms in total. The number of nitrogens with one attached hydrogen (secondary N) is 1. The third kappa shape index (κ3) is 4.94. The molecule has 2 aliphatic heterocycles. The standard InChI is InChI=1S/C30H38N6O4SSi/c1-29(2,3)42(19-13-9-7-10-14-19,20-15-11-8-12-16-20)37-18-22-24-25(40-30(4,5)39-24)23(38-22)21-17-32-27-26(34-31)33-28(41-6)35-36(21)27/h7-17,22-25H,18,31H2,1-6H3,(H,33,34,35)/t22-,23+,24-,25+/m1/s1. The Balaban J connectivity index is 1.39. The van der Waals surface area contributed by atoms with E-state index in [1.165, 1.54) is 22.1 Å². The van der Waals surface area contributed by atoms with E-state index in [9.17, 15) is 0 Å². The average Bonchev–Trinajstić information content (AvgIpc) is 3.64. The van der Waals surface area contributed by atoms with Crippen LogP contribution in [0, 0.1) is 0 Å². The molecule has 0 bridgehead atoms. The molecule has 2 aromatic heterocycles. The van der Waals surface area contributed by atoms with Crippen molar-refractivity contribution in [2.45, 2.75) is 75.0 Å². The molecule has 2 aliphatic rings. The van der Waals surface area contributed by atoms with Crippen LogP contribution in [0.4, 0.5) is 5.82 Å². The molecule has 222 valence electrons. The van der Waals surface area contributed by atoms with Crippen molar-refractivity contribution in [1.82, 2.24) is 19.6 Å². The van der Waals surface area contributed by atoms with Gasteiger partial charge in [-0.15, -0.1) is 5.10 Å². The highest BCUT2D eigenvalue weighted by Crippen LogP contribution is 2.46. The lowest BCUT2D eigenvalue weighted by Crippen LogP contribution is -2.67. The van der Waals surface area contributed by atoms with E-state index in [-0.39, 0.29) is 23.4 Å². The van der Waals surface area contributed by atoms with Crippen molar-refractivity contribution in [3.63, 3.8) is 0 Å². The number of thioether (sulfide) groups is 1. The lowest BCUT2D eigenvalue weighted by molar-refractivity contribution is -0.191. The molecule has 3 N–H and O–H groups in total. The number of benzene rings is 2. The Morgan fingerprint density at radius 2 is 1.64 bits per heavy atom. The molecule has 0 spiro atoms. The number of fused-ring (bicyclic) bond motifs is 2. The van der Waals surface area contributed by atoms with Crippen molar-refractivity contribution in [3.8, 4) is 0 Å². The van der Waals surface area contributed by atoms with Crippen LogP contribution in [-0.2, 0) is 18.6 Å². The molecule has 0 aliphatic carbocycles. The number of anilines is 1. The average molecular weight is 607 g/mol. The van der Waals surface area contributed by atoms with Gasteiger partial charge in [-0.05, 0) is 35.5 Å². The first-order valence-corrected chi connectivity index (χ1v) is 17.2. The van der Waals surface area contributed by atoms with E-state index < -0.39 is 20.2 Å². The predicted octanol–water partition coefficient (Wildman–Crippen LogP) is 3.67. The van der Waals surface area contributed by atoms with Crippen molar-refractivity contribution >= 4 is 41.9 Å². The first-order valence-electron chi connectivity index (χ1n) is 14.1. The van der Waals surface area contributed by atoms with Crippen molar-refractivity contribution in [2.24, 2.45) is 5.84 Å². The van der Waals surface area contributed by atoms with Crippen LogP contribution < -0.4 is 21.6 Å². The summed E-state index contributed by atoms with van der Waals surface area (Å²) < 4.78 is 28.7. The second-order valence-electron chi connectivity index (χ2n) is 12.1. The minimum absolute atomic E-state index is 0.169. The normalized spacial score (nSPS) is 23.8. The number of imidazole rings is 1. The van der Waals surface area contributed by atoms with Gasteiger partial charge in [-0.1, -0.05) is 93.2 Å². The summed E-state index contributed by atoms with van der Waals surface area (Å²) in [5.74, 6) is 5.42. The summed E-state index contributed by atoms with van der Waals surface area (Å²) in [5, 5.41) is 7.50. The number of nitrogens with zero attached hydrogens (tertiary/aromatic N) is 4. The zero-order chi connectivity index (χ0) is 29.7. The molecule has 0 saturated carbocycles. The second kappa shape index (κ2) is 11.0. The fourth-order valence-electron chi connectivity index (χ4n) is 6.28. The molecule has 2 fully saturated rings. The van der Waals surface area contributed by atoms with Gasteiger partial charge < -0.3 is 24.1 Å². The van der Waals surface area contributed by atoms with Crippen LogP contribution >= 0.6 is 11.8 Å². The van der Waals surface area contributed by atoms with E-state index >= 15 is 0 Å². The van der Waals surface area contributed by atoms with Gasteiger partial charge in [-0.25, -0.2) is 15.3 Å². The molecular formula is C30H38N6O4SSi. The lowest BCUT2D eigenvalue weighted by atomic mass is 10.1. The zero-order valence-electron chi connectivity index (χ0n) is 24.8. The minimum atomic E-state index is -2.79. The van der Waals surface area contributed by atoms with Gasteiger partial charge in [0.25, 0.3) is 8.32 Å². The molecule has 2 saturated heterocycles. The SMILES string of the molecule is CSc1nc(NN)c2ncc([C@@H]3O[C@H](CO[Si](c4ccccc4)(c4ccccc4)C(C)(C)C)[C@H]4OC(C)(C)O[C@H]43)n2n1. The van der Waals surface area contributed by atoms with E-state index in [1.807, 2.05) is 32.2 Å². The lowest BCUT2D eigenvalue weighted by Gasteiger charge is -2.43. The molecule has 4 atom stereocenters. The maximum Gasteiger partial charge on any atom is 0.261 e. The van der Waals surface area contributed by atoms with E-state index in [0.29, 0.717) is 23.2 Å². The first kappa shape index (κ1) is 29.2. The number of hydrazine groups is 1. The van der Waals surface area contributed by atoms with Gasteiger partial charge in [-0.3, -0.25) is 0 Å². The van der Waals surface area contributed by atoms with Crippen molar-refractivity contribution in [1.29, 1.82) is 0 Å². The number of hydrogen-bond acceptors (Lipinski definition) is 10. The Bertz CT molecular complexity index is 1510. The van der Waals surface area contributed by atoms with Crippen LogP contribution in [0.5, 0.6) is 0 Å². The molecule has 4 aromatic rings. The smallest absolute Gasteiger partial charge is 0.261 e. The van der Waals surface area contributed by atoms with Crippen LogP contribution in [0.25, 0.3) is 5.65 Å². The van der Waals surface area contributed by atoms with E-state index in [0.717, 1.165) is 5.69 Å². The maximum atomic E-state index is 7.25. The van der Waals surface area contributed by atoms with Gasteiger partial charge in [0, 0.05) is 0 Å². The number of hydrogen-bond donors (Lipinski definition) is 2. The Hall–Kier alpha value is -2.84. The van der Waals surface area contributed by atoms with Crippen LogP contribution in [-0.4, -0.2) is 64.9 Å². The van der Waals surface area contributed by atoms with Gasteiger partial charge in [0.05, 0.1) is 18.5 Å². The van der Waals surface area contributed by atoms with Crippen molar-refractivity contribution < 1.29 is 18.6 Å². The van der Waals surface area contributed by atoms with Crippen molar-refractivity contribution in [2.75, 3.05) is 18.3 Å². The Morgan fingerprint density at radius 3 is 2.21 bits per heavy atom. The van der Waals surface area contributed by atoms with E-state index in [2.05, 4.69) is 89.8 Å². The molecule has 0 amide bonds. The molecule has 4 heterocycles. The summed E-state index contributed by atoms with van der Waals surface area (Å²) >= 11 is 1.42. The quantitative estimate of drug-likeness (QED) is 0.133. The first-order chi connectivity index (χ1) is 20.1. The number of ether oxygens (including phenoxy) is 3. The monoisotopic (exact) mass is 606 g/mol. The largest absolute Gasteiger partial charge is 0.405 e. The zero-order valence-corrected chi connectivity index (χ0v) is 26.6. The molecule has 12 heteroatoms. The molecule has 0 unspecified atom stereocenters. The van der Waals surface area contributed by atoms with Gasteiger partial charge >= 0.3 is 0 Å². The highest BCUT2D eigenvalue weighted by molar-refractivity contribution is 7.98. The van der Waals surface area contributed by atoms with Gasteiger partial charge in [0.15, 0.2) is 17.3 Å². The van der Waals surface area contributed by atoms with E-state index in [4.69, 9.17) is 24.5 Å². The van der Waals surface area contributed by atoms with Crippen LogP contribution in [0.3, 0.4) is 0 Å². The molecular weight excluding hydrogens is 569 g/mol. The third-order valence-corrected chi connectivity index (χ3v) is 13.6. The van der Waals surface area contributed by atoms with E-state index in [1.54, 1.807) is 10.7 Å². The summed E-state index contributed by atoms with van der Waals surface area (Å²) in [4.78, 5) is 9.01. The Kier molecular flexibility index (Phi) is 7.67. The number of aromatic nitrogens is 4. The molecule has 0 radical (unpaired) electrons. The van der Waals surface area contributed by atoms with Crippen LogP contribution in [0.1, 0.15) is 46.4 Å². The fraction of sp³-hybridized carbons (Fsp3) is 0.433. The summed E-state index contributed by atoms with van der Waals surface area (Å²) in [5.41, 5.74) is 3.89. The summed E-state index contributed by atoms with van der Waals surface area (Å²) in [6.07, 6.45) is 2.06. The molecule has 6 rings (SSSR count). The summed E-state index contributed by atoms with van der Waals surface area (Å²) in [6, 6.07) is 21.2. The Morgan fingerprint density at radius 1 is 1.02 bits per heavy atom. The number of nitrogens with two attached hydrogens (primary N) is 1. The van der Waals surface area contributed by atoms with Gasteiger partial charge in [0.2, 0.25) is 5.16 Å². The molecule has 2 aromatic carbocycles. The summed E-state index contributed by atoms with van der Waals surface area (Å²) in [6.45, 7) is 11.0. The predicted molar refractivity (Wildman–Crippen MR) is 165 cm³/mol. The van der Waals surface area contributed by atoms with Crippen molar-refractivity contribution in [3.05, 3.63) is 72.6 Å². The number of rotatable bonds is 8. The highest BCUT2D eigenvalue weighted by Gasteiger charge is 2.58. The summed E-state index contributed by atoms with van der Waals surface area (Å²) in [7, 11) is -2.79. The fourth-order valence-corrected chi connectivity index (χ4v) is 11.2. The molecule has 42 heavy (non-hydrogen) atoms. The van der Waals surface area contributed by atoms with Crippen LogP contribution in [0.2, 0.25) is 5.04 Å². The van der Waals surface area contributed by atoms with Gasteiger partial charge in [-0.2, -0.15) is 4.98 Å². The van der Waals surface area contributed by atoms with Gasteiger partial charge in [0.1, 0.15) is 24.4 Å². The topological polar surface area (TPSA) is 118 Å². The second-order valence-corrected chi connectivity index (χ2v) is 17.2. The maximum absolute atomic E-state index is 7.25. The third-order valence-electron chi connectivity index (χ3n) is 8.01. The Labute approximate surface area is 251 Å². The minimum Gasteiger partial charge on any atom is -0.405 e. The van der Waals surface area contributed by atoms with Crippen LogP contribution in [0.15, 0.2) is 72.0 Å². The highest BCUT2D eigenvalue weighted by atomic mass is 32.2. The number of nitrogen functional groups attached to an aromatic ring is 1.